The molecule has 266 valence electrons. The number of nitrogens with zero attached hydrogens (tertiary/aromatic N) is 6. The Labute approximate surface area is 304 Å². The van der Waals surface area contributed by atoms with E-state index in [1.165, 1.54) is 17.7 Å². The summed E-state index contributed by atoms with van der Waals surface area (Å²) in [5, 5.41) is 7.46. The maximum absolute atomic E-state index is 6.38. The van der Waals surface area contributed by atoms with Crippen molar-refractivity contribution < 1.29 is 4.74 Å². The van der Waals surface area contributed by atoms with Crippen LogP contribution in [0.3, 0.4) is 0 Å². The van der Waals surface area contributed by atoms with Crippen LogP contribution in [-0.4, -0.2) is 64.6 Å². The molecule has 0 saturated heterocycles. The Kier molecular flexibility index (Phi) is 12.3. The molecule has 0 N–H and O–H groups in total. The molecule has 0 unspecified atom stereocenters. The van der Waals surface area contributed by atoms with E-state index in [2.05, 4.69) is 109 Å². The SMILES string of the molecule is C=[N+]=C/C1=C(\C)OCC[C@H](C)n2nc(-c3cc(CCC(=C)CCN(C)CCC)n(CC)c3)c3c2=CC(=CC(=C)C=3)C(=C)CC2=CC=C=C(C)C1=N2. The summed E-state index contributed by atoms with van der Waals surface area (Å²) in [4.78, 5) is 7.49. The smallest absolute Gasteiger partial charge is 0.304 e. The highest BCUT2D eigenvalue weighted by Crippen LogP contribution is 2.27. The van der Waals surface area contributed by atoms with Gasteiger partial charge in [-0.1, -0.05) is 32.2 Å². The molecule has 4 heterocycles. The van der Waals surface area contributed by atoms with Gasteiger partial charge in [-0.15, -0.1) is 10.4 Å². The van der Waals surface area contributed by atoms with Crippen LogP contribution in [0.15, 0.2) is 106 Å². The normalized spacial score (nSPS) is 19.2. The molecule has 7 heteroatoms. The summed E-state index contributed by atoms with van der Waals surface area (Å²) in [5.41, 5.74) is 14.2. The van der Waals surface area contributed by atoms with Crippen molar-refractivity contribution >= 4 is 30.8 Å². The Hall–Kier alpha value is -4.93. The Morgan fingerprint density at radius 3 is 2.71 bits per heavy atom. The van der Waals surface area contributed by atoms with Crippen LogP contribution < -0.4 is 15.2 Å². The predicted molar refractivity (Wildman–Crippen MR) is 216 cm³/mol. The molecule has 5 rings (SSSR count). The fraction of sp³-hybridized carbons (Fsp3) is 0.386. The van der Waals surface area contributed by atoms with E-state index in [4.69, 9.17) is 14.8 Å². The van der Waals surface area contributed by atoms with Crippen LogP contribution in [0, 0.1) is 0 Å². The minimum atomic E-state index is 0.0508. The molecule has 0 amide bonds. The maximum atomic E-state index is 6.38. The third-order valence-electron chi connectivity index (χ3n) is 9.85. The summed E-state index contributed by atoms with van der Waals surface area (Å²) < 4.78 is 15.0. The fourth-order valence-corrected chi connectivity index (χ4v) is 6.85. The molecule has 7 nitrogen and oxygen atoms in total. The van der Waals surface area contributed by atoms with Crippen LogP contribution in [0.1, 0.15) is 78.5 Å². The molecule has 0 saturated carbocycles. The number of allylic oxidation sites excluding steroid dienone is 8. The first-order valence-corrected chi connectivity index (χ1v) is 18.3. The molecule has 3 aliphatic rings. The van der Waals surface area contributed by atoms with Gasteiger partial charge in [0.1, 0.15) is 17.0 Å². The number of hydrogen-bond acceptors (Lipinski definition) is 4. The topological polar surface area (TPSA) is 61.7 Å². The average molecular weight is 684 g/mol. The summed E-state index contributed by atoms with van der Waals surface area (Å²) in [5.74, 6) is 0.744. The number of aryl methyl sites for hydroxylation is 2. The molecule has 0 fully saturated rings. The average Bonchev–Trinajstić information content (AvgIpc) is 3.55. The highest BCUT2D eigenvalue weighted by Gasteiger charge is 2.22. The van der Waals surface area contributed by atoms with Crippen molar-refractivity contribution in [1.82, 2.24) is 23.9 Å². The number of aromatic nitrogens is 3. The van der Waals surface area contributed by atoms with Gasteiger partial charge in [-0.2, -0.15) is 5.10 Å². The largest absolute Gasteiger partial charge is 0.497 e. The monoisotopic (exact) mass is 683 g/mol. The molecule has 1 atom stereocenters. The van der Waals surface area contributed by atoms with Gasteiger partial charge in [0.25, 0.3) is 6.72 Å². The summed E-state index contributed by atoms with van der Waals surface area (Å²) in [6, 6.07) is 2.37. The molecule has 2 aromatic rings. The van der Waals surface area contributed by atoms with E-state index in [1.54, 1.807) is 6.21 Å². The number of aliphatic imine (C=N–C) groups is 1. The molecular formula is C44H55N6O+. The summed E-state index contributed by atoms with van der Waals surface area (Å²) in [6.07, 6.45) is 19.8. The lowest BCUT2D eigenvalue weighted by molar-refractivity contribution is 0.191. The lowest BCUT2D eigenvalue weighted by Crippen LogP contribution is -2.32. The van der Waals surface area contributed by atoms with E-state index in [1.807, 2.05) is 26.0 Å². The van der Waals surface area contributed by atoms with Crippen molar-refractivity contribution in [3.05, 3.63) is 117 Å². The Balaban J connectivity index is 1.55. The number of hydrogen-bond donors (Lipinski definition) is 0. The summed E-state index contributed by atoms with van der Waals surface area (Å²) >= 11 is 0. The Morgan fingerprint density at radius 2 is 1.96 bits per heavy atom. The first-order valence-electron chi connectivity index (χ1n) is 18.3. The van der Waals surface area contributed by atoms with E-state index in [0.29, 0.717) is 13.0 Å². The van der Waals surface area contributed by atoms with Gasteiger partial charge < -0.3 is 14.2 Å². The van der Waals surface area contributed by atoms with Crippen LogP contribution in [0.2, 0.25) is 0 Å². The second-order valence-electron chi connectivity index (χ2n) is 14.0. The number of rotatable bonds is 11. The maximum Gasteiger partial charge on any atom is 0.304 e. The Bertz CT molecular complexity index is 2090. The second kappa shape index (κ2) is 16.9. The van der Waals surface area contributed by atoms with Gasteiger partial charge >= 0.3 is 6.21 Å². The molecule has 2 aromatic heterocycles. The summed E-state index contributed by atoms with van der Waals surface area (Å²) in [6.45, 7) is 31.3. The third-order valence-corrected chi connectivity index (χ3v) is 9.85. The van der Waals surface area contributed by atoms with Crippen LogP contribution in [-0.2, 0) is 17.7 Å². The molecule has 4 bridgehead atoms. The van der Waals surface area contributed by atoms with Crippen LogP contribution >= 0.6 is 0 Å². The van der Waals surface area contributed by atoms with Gasteiger partial charge in [0, 0.05) is 59.9 Å². The summed E-state index contributed by atoms with van der Waals surface area (Å²) in [7, 11) is 2.19. The van der Waals surface area contributed by atoms with Crippen molar-refractivity contribution in [2.75, 3.05) is 26.7 Å². The van der Waals surface area contributed by atoms with Crippen LogP contribution in [0.25, 0.3) is 23.4 Å². The van der Waals surface area contributed by atoms with E-state index >= 15 is 0 Å². The highest BCUT2D eigenvalue weighted by molar-refractivity contribution is 6.24. The highest BCUT2D eigenvalue weighted by atomic mass is 16.5. The first-order chi connectivity index (χ1) is 24.5. The predicted octanol–water partition coefficient (Wildman–Crippen LogP) is 7.13. The lowest BCUT2D eigenvalue weighted by atomic mass is 10.00. The van der Waals surface area contributed by atoms with Crippen molar-refractivity contribution in [3.8, 4) is 11.3 Å². The molecular weight excluding hydrogens is 629 g/mol. The zero-order chi connectivity index (χ0) is 36.7. The van der Waals surface area contributed by atoms with E-state index in [-0.39, 0.29) is 6.04 Å². The number of ether oxygens (including phenoxy) is 1. The minimum Gasteiger partial charge on any atom is -0.497 e. The van der Waals surface area contributed by atoms with E-state index < -0.39 is 0 Å². The quantitative estimate of drug-likeness (QED) is 0.110. The van der Waals surface area contributed by atoms with Crippen molar-refractivity contribution in [1.29, 1.82) is 0 Å². The molecule has 2 aliphatic heterocycles. The van der Waals surface area contributed by atoms with Crippen molar-refractivity contribution in [2.45, 2.75) is 85.7 Å². The molecule has 0 spiro atoms. The Morgan fingerprint density at radius 1 is 1.16 bits per heavy atom. The van der Waals surface area contributed by atoms with Gasteiger partial charge in [0.05, 0.1) is 23.7 Å². The second-order valence-corrected chi connectivity index (χ2v) is 14.0. The van der Waals surface area contributed by atoms with Gasteiger partial charge in [-0.3, -0.25) is 9.67 Å². The van der Waals surface area contributed by atoms with Crippen LogP contribution in [0.4, 0.5) is 0 Å². The lowest BCUT2D eigenvalue weighted by Gasteiger charge is -2.16. The van der Waals surface area contributed by atoms with E-state index in [0.717, 1.165) is 112 Å². The molecule has 51 heavy (non-hydrogen) atoms. The zero-order valence-corrected chi connectivity index (χ0v) is 31.7. The van der Waals surface area contributed by atoms with Crippen molar-refractivity contribution in [3.63, 3.8) is 0 Å². The van der Waals surface area contributed by atoms with Crippen LogP contribution in [0.5, 0.6) is 0 Å². The van der Waals surface area contributed by atoms with Gasteiger partial charge in [-0.25, -0.2) is 0 Å². The minimum absolute atomic E-state index is 0.0508. The molecule has 1 aliphatic carbocycles. The molecule has 0 aromatic carbocycles. The van der Waals surface area contributed by atoms with Gasteiger partial charge in [0.2, 0.25) is 0 Å². The van der Waals surface area contributed by atoms with Gasteiger partial charge in [0.15, 0.2) is 0 Å². The van der Waals surface area contributed by atoms with Gasteiger partial charge in [-0.05, 0) is 120 Å². The standard InChI is InChI=1S/C44H55N6O/c1-11-20-48(10)21-18-30(3)16-17-39-26-37(29-49(39)12-2)44-40-24-31(4)23-36-27-42(40)50(47-44)34(7)19-22-51-35(8)41(28-45-9)43-32(5)14-13-15-38(46-43)25-33(36)6/h13,15,23-24,26-29,34H,3-4,6,9,11-12,16-22,25H2,1-2,5,7-8,10H3/q+1/b41-35-/t34-/m0/s1. The fourth-order valence-electron chi connectivity index (χ4n) is 6.85. The zero-order valence-electron chi connectivity index (χ0n) is 31.7. The van der Waals surface area contributed by atoms with Crippen molar-refractivity contribution in [2.24, 2.45) is 4.99 Å². The molecule has 0 radical (unpaired) electrons. The third kappa shape index (κ3) is 8.87. The number of fused-ring (bicyclic) bond motifs is 2. The van der Waals surface area contributed by atoms with E-state index in [9.17, 15) is 0 Å². The first kappa shape index (κ1) is 37.3.